The molecule has 2 aromatic heterocycles. The molecule has 1 amide bonds. The summed E-state index contributed by atoms with van der Waals surface area (Å²) in [6.07, 6.45) is 0. The molecule has 0 bridgehead atoms. The Balaban J connectivity index is 2.00. The Kier molecular flexibility index (Phi) is 5.58. The first-order chi connectivity index (χ1) is 12.0. The fraction of sp³-hybridized carbons (Fsp3) is 0.294. The van der Waals surface area contributed by atoms with Gasteiger partial charge in [0.05, 0.1) is 21.0 Å². The van der Waals surface area contributed by atoms with E-state index in [1.807, 2.05) is 37.2 Å². The van der Waals surface area contributed by atoms with Crippen molar-refractivity contribution in [2.45, 2.75) is 0 Å². The lowest BCUT2D eigenvalue weighted by Gasteiger charge is -2.21. The predicted molar refractivity (Wildman–Crippen MR) is 106 cm³/mol. The molecule has 0 N–H and O–H groups in total. The Hall–Kier alpha value is -1.67. The van der Waals surface area contributed by atoms with Gasteiger partial charge in [-0.15, -0.1) is 11.3 Å². The number of rotatable bonds is 6. The van der Waals surface area contributed by atoms with E-state index in [0.29, 0.717) is 26.6 Å². The Bertz CT molecular complexity index is 891. The highest BCUT2D eigenvalue weighted by Gasteiger charge is 2.23. The summed E-state index contributed by atoms with van der Waals surface area (Å²) in [6.45, 7) is 1.28. The summed E-state index contributed by atoms with van der Waals surface area (Å²) in [6, 6.07) is 9.28. The molecule has 0 radical (unpaired) electrons. The van der Waals surface area contributed by atoms with Gasteiger partial charge in [0.2, 0.25) is 0 Å². The summed E-state index contributed by atoms with van der Waals surface area (Å²) in [4.78, 5) is 22.0. The van der Waals surface area contributed by atoms with E-state index >= 15 is 0 Å². The number of benzene rings is 1. The zero-order valence-corrected chi connectivity index (χ0v) is 16.5. The first-order valence-corrected chi connectivity index (χ1v) is 9.66. The third-order valence-corrected chi connectivity index (χ3v) is 5.88. The van der Waals surface area contributed by atoms with Crippen LogP contribution in [0.1, 0.15) is 9.67 Å². The Morgan fingerprint density at radius 2 is 2.00 bits per heavy atom. The molecule has 0 aliphatic carbocycles. The number of anilines is 1. The topological polar surface area (TPSA) is 45.7 Å². The van der Waals surface area contributed by atoms with Crippen LogP contribution >= 0.6 is 34.3 Å². The van der Waals surface area contributed by atoms with Gasteiger partial charge in [0, 0.05) is 13.1 Å². The average Bonchev–Trinajstić information content (AvgIpc) is 3.20. The monoisotopic (exact) mass is 395 g/mol. The van der Waals surface area contributed by atoms with Crippen molar-refractivity contribution in [1.82, 2.24) is 9.88 Å². The van der Waals surface area contributed by atoms with Gasteiger partial charge >= 0.3 is 0 Å². The van der Waals surface area contributed by atoms with Crippen LogP contribution in [0.3, 0.4) is 0 Å². The maximum Gasteiger partial charge on any atom is 0.270 e. The van der Waals surface area contributed by atoms with E-state index in [9.17, 15) is 4.79 Å². The van der Waals surface area contributed by atoms with Crippen LogP contribution in [0.5, 0.6) is 5.75 Å². The Morgan fingerprint density at radius 3 is 2.64 bits per heavy atom. The van der Waals surface area contributed by atoms with E-state index in [1.165, 1.54) is 22.7 Å². The highest BCUT2D eigenvalue weighted by molar-refractivity contribution is 7.22. The molecule has 3 rings (SSSR count). The number of hydrogen-bond acceptors (Lipinski definition) is 6. The minimum Gasteiger partial charge on any atom is -0.494 e. The number of para-hydroxylation sites is 1. The van der Waals surface area contributed by atoms with Gasteiger partial charge < -0.3 is 9.64 Å². The number of aromatic nitrogens is 1. The van der Waals surface area contributed by atoms with Crippen LogP contribution in [0.2, 0.25) is 4.34 Å². The van der Waals surface area contributed by atoms with Crippen molar-refractivity contribution in [2.24, 2.45) is 0 Å². The number of amides is 1. The molecule has 3 aromatic rings. The van der Waals surface area contributed by atoms with Gasteiger partial charge in [-0.25, -0.2) is 4.98 Å². The maximum absolute atomic E-state index is 13.0. The fourth-order valence-electron chi connectivity index (χ4n) is 2.34. The first-order valence-electron chi connectivity index (χ1n) is 7.65. The smallest absolute Gasteiger partial charge is 0.270 e. The number of nitrogens with zero attached hydrogens (tertiary/aromatic N) is 3. The second-order valence-corrected chi connectivity index (χ2v) is 8.39. The average molecular weight is 396 g/mol. The fourth-order valence-corrected chi connectivity index (χ4v) is 4.34. The molecule has 0 spiro atoms. The number of carbonyl (C=O) groups is 1. The van der Waals surface area contributed by atoms with Gasteiger partial charge in [0.25, 0.3) is 5.91 Å². The second kappa shape index (κ2) is 7.70. The van der Waals surface area contributed by atoms with E-state index in [1.54, 1.807) is 24.1 Å². The standard InChI is InChI=1S/C17H18ClN3O2S2/c1-20(2)9-10-21(16(22)13-7-8-14(18)24-13)17-19-15-11(23-3)5-4-6-12(15)25-17/h4-8H,9-10H2,1-3H3. The van der Waals surface area contributed by atoms with Gasteiger partial charge in [-0.05, 0) is 38.4 Å². The number of fused-ring (bicyclic) bond motifs is 1. The highest BCUT2D eigenvalue weighted by Crippen LogP contribution is 2.35. The van der Waals surface area contributed by atoms with Crippen molar-refractivity contribution < 1.29 is 9.53 Å². The molecular formula is C17H18ClN3O2S2. The van der Waals surface area contributed by atoms with Crippen LogP contribution in [0.15, 0.2) is 30.3 Å². The van der Waals surface area contributed by atoms with Crippen LogP contribution in [-0.4, -0.2) is 50.1 Å². The number of hydrogen-bond donors (Lipinski definition) is 0. The molecule has 0 unspecified atom stereocenters. The normalized spacial score (nSPS) is 11.2. The Morgan fingerprint density at radius 1 is 1.20 bits per heavy atom. The SMILES string of the molecule is COc1cccc2sc(N(CCN(C)C)C(=O)c3ccc(Cl)s3)nc12. The van der Waals surface area contributed by atoms with Crippen molar-refractivity contribution in [3.05, 3.63) is 39.5 Å². The minimum atomic E-state index is -0.0863. The molecule has 0 aliphatic heterocycles. The molecule has 0 aliphatic rings. The molecule has 132 valence electrons. The zero-order chi connectivity index (χ0) is 18.0. The summed E-state index contributed by atoms with van der Waals surface area (Å²) < 4.78 is 6.97. The lowest BCUT2D eigenvalue weighted by Crippen LogP contribution is -2.36. The second-order valence-electron chi connectivity index (χ2n) is 5.67. The van der Waals surface area contributed by atoms with Crippen molar-refractivity contribution in [3.63, 3.8) is 0 Å². The highest BCUT2D eigenvalue weighted by atomic mass is 35.5. The van der Waals surface area contributed by atoms with Gasteiger partial charge in [-0.3, -0.25) is 9.69 Å². The number of thiazole rings is 1. The number of ether oxygens (including phenoxy) is 1. The summed E-state index contributed by atoms with van der Waals surface area (Å²) in [5.41, 5.74) is 0.775. The van der Waals surface area contributed by atoms with Crippen molar-refractivity contribution >= 4 is 55.5 Å². The molecule has 0 fully saturated rings. The maximum atomic E-state index is 13.0. The summed E-state index contributed by atoms with van der Waals surface area (Å²) in [7, 11) is 5.58. The quantitative estimate of drug-likeness (QED) is 0.626. The number of halogens is 1. The molecule has 1 aromatic carbocycles. The number of carbonyl (C=O) groups excluding carboxylic acids is 1. The number of methoxy groups -OCH3 is 1. The Labute approximate surface area is 159 Å². The number of likely N-dealkylation sites (N-methyl/N-ethyl adjacent to an activating group) is 1. The molecule has 25 heavy (non-hydrogen) atoms. The van der Waals surface area contributed by atoms with Crippen LogP contribution in [-0.2, 0) is 0 Å². The van der Waals surface area contributed by atoms with E-state index in [-0.39, 0.29) is 5.91 Å². The summed E-state index contributed by atoms with van der Waals surface area (Å²) in [5.74, 6) is 0.621. The van der Waals surface area contributed by atoms with Crippen LogP contribution in [0, 0.1) is 0 Å². The van der Waals surface area contributed by atoms with Gasteiger partial charge in [-0.1, -0.05) is 29.0 Å². The van der Waals surface area contributed by atoms with Crippen LogP contribution < -0.4 is 9.64 Å². The minimum absolute atomic E-state index is 0.0863. The largest absolute Gasteiger partial charge is 0.494 e. The molecule has 8 heteroatoms. The molecule has 2 heterocycles. The van der Waals surface area contributed by atoms with Gasteiger partial charge in [-0.2, -0.15) is 0 Å². The molecule has 5 nitrogen and oxygen atoms in total. The molecule has 0 saturated carbocycles. The van der Waals surface area contributed by atoms with Crippen molar-refractivity contribution in [3.8, 4) is 5.75 Å². The first kappa shape index (κ1) is 18.1. The third-order valence-electron chi connectivity index (χ3n) is 3.62. The van der Waals surface area contributed by atoms with E-state index in [4.69, 9.17) is 16.3 Å². The van der Waals surface area contributed by atoms with Gasteiger partial charge in [0.15, 0.2) is 5.13 Å². The third kappa shape index (κ3) is 3.95. The van der Waals surface area contributed by atoms with Crippen molar-refractivity contribution in [2.75, 3.05) is 39.2 Å². The lowest BCUT2D eigenvalue weighted by molar-refractivity contribution is 0.0989. The number of thiophene rings is 1. The summed E-state index contributed by atoms with van der Waals surface area (Å²) >= 11 is 8.76. The van der Waals surface area contributed by atoms with Gasteiger partial charge in [0.1, 0.15) is 11.3 Å². The van der Waals surface area contributed by atoms with E-state index in [0.717, 1.165) is 16.8 Å². The van der Waals surface area contributed by atoms with E-state index in [2.05, 4.69) is 4.98 Å². The van der Waals surface area contributed by atoms with Crippen LogP contribution in [0.25, 0.3) is 10.2 Å². The zero-order valence-electron chi connectivity index (χ0n) is 14.2. The lowest BCUT2D eigenvalue weighted by atomic mass is 10.3. The summed E-state index contributed by atoms with van der Waals surface area (Å²) in [5, 5.41) is 0.663. The molecule has 0 saturated heterocycles. The molecular weight excluding hydrogens is 378 g/mol. The van der Waals surface area contributed by atoms with Crippen LogP contribution in [0.4, 0.5) is 5.13 Å². The van der Waals surface area contributed by atoms with Crippen molar-refractivity contribution in [1.29, 1.82) is 0 Å². The van der Waals surface area contributed by atoms with E-state index < -0.39 is 0 Å². The predicted octanol–water partition coefficient (Wildman–Crippen LogP) is 4.23. The molecule has 0 atom stereocenters.